The van der Waals surface area contributed by atoms with Crippen LogP contribution in [0.5, 0.6) is 5.75 Å². The molecule has 6 nitrogen and oxygen atoms in total. The smallest absolute Gasteiger partial charge is 0.272 e. The van der Waals surface area contributed by atoms with Gasteiger partial charge >= 0.3 is 0 Å². The zero-order valence-electron chi connectivity index (χ0n) is 17.4. The van der Waals surface area contributed by atoms with Crippen LogP contribution in [-0.2, 0) is 20.0 Å². The van der Waals surface area contributed by atoms with E-state index in [1.54, 1.807) is 11.8 Å². The van der Waals surface area contributed by atoms with Crippen LogP contribution in [0, 0.1) is 0 Å². The Morgan fingerprint density at radius 1 is 1.07 bits per heavy atom. The Bertz CT molecular complexity index is 1080. The summed E-state index contributed by atoms with van der Waals surface area (Å²) in [6.45, 7) is 3.60. The van der Waals surface area contributed by atoms with E-state index in [1.807, 2.05) is 42.3 Å². The van der Waals surface area contributed by atoms with Gasteiger partial charge in [0, 0.05) is 44.8 Å². The highest BCUT2D eigenvalue weighted by atomic mass is 16.5. The van der Waals surface area contributed by atoms with Gasteiger partial charge in [0.1, 0.15) is 11.4 Å². The lowest BCUT2D eigenvalue weighted by Crippen LogP contribution is -2.61. The molecule has 0 N–H and O–H groups in total. The number of rotatable bonds is 4. The fourth-order valence-corrected chi connectivity index (χ4v) is 4.43. The number of carbonyl (C=O) groups is 1. The topological polar surface area (TPSA) is 50.6 Å². The second-order valence-corrected chi connectivity index (χ2v) is 8.12. The summed E-state index contributed by atoms with van der Waals surface area (Å²) >= 11 is 0. The normalized spacial score (nSPS) is 16.8. The monoisotopic (exact) mass is 402 g/mol. The van der Waals surface area contributed by atoms with Gasteiger partial charge in [-0.15, -0.1) is 0 Å². The van der Waals surface area contributed by atoms with Gasteiger partial charge in [0.15, 0.2) is 0 Å². The van der Waals surface area contributed by atoms with Crippen LogP contribution in [0.4, 0.5) is 0 Å². The SMILES string of the molecule is COc1cccc(-c2cc(C(=O)N3CC(N4CCc5ccccc5C4)C3)n(C)n2)c1. The molecular formula is C24H26N4O2. The van der Waals surface area contributed by atoms with Crippen molar-refractivity contribution in [3.63, 3.8) is 0 Å². The van der Waals surface area contributed by atoms with Gasteiger partial charge in [0.2, 0.25) is 0 Å². The number of methoxy groups -OCH3 is 1. The van der Waals surface area contributed by atoms with E-state index in [0.29, 0.717) is 11.7 Å². The van der Waals surface area contributed by atoms with E-state index in [1.165, 1.54) is 11.1 Å². The van der Waals surface area contributed by atoms with Gasteiger partial charge in [0.05, 0.1) is 12.8 Å². The molecule has 2 aromatic carbocycles. The summed E-state index contributed by atoms with van der Waals surface area (Å²) in [7, 11) is 3.48. The molecule has 0 aliphatic carbocycles. The first-order valence-corrected chi connectivity index (χ1v) is 10.4. The first kappa shape index (κ1) is 18.9. The molecule has 1 fully saturated rings. The lowest BCUT2D eigenvalue weighted by molar-refractivity contribution is 0.0210. The van der Waals surface area contributed by atoms with Crippen LogP contribution >= 0.6 is 0 Å². The molecule has 0 unspecified atom stereocenters. The van der Waals surface area contributed by atoms with Crippen LogP contribution in [0.2, 0.25) is 0 Å². The Labute approximate surface area is 176 Å². The molecule has 30 heavy (non-hydrogen) atoms. The molecule has 0 radical (unpaired) electrons. The number of aryl methyl sites for hydroxylation is 1. The van der Waals surface area contributed by atoms with Crippen molar-refractivity contribution in [1.29, 1.82) is 0 Å². The van der Waals surface area contributed by atoms with Gasteiger partial charge in [-0.05, 0) is 35.7 Å². The second-order valence-electron chi connectivity index (χ2n) is 8.12. The number of likely N-dealkylation sites (tertiary alicyclic amines) is 1. The molecule has 3 aromatic rings. The molecule has 0 saturated carbocycles. The molecule has 1 amide bonds. The van der Waals surface area contributed by atoms with Crippen LogP contribution in [0.3, 0.4) is 0 Å². The lowest BCUT2D eigenvalue weighted by atomic mass is 9.96. The average molecular weight is 402 g/mol. The molecule has 3 heterocycles. The Kier molecular flexibility index (Phi) is 4.79. The van der Waals surface area contributed by atoms with Crippen LogP contribution in [-0.4, -0.2) is 58.3 Å². The quantitative estimate of drug-likeness (QED) is 0.673. The summed E-state index contributed by atoms with van der Waals surface area (Å²) in [6.07, 6.45) is 1.09. The lowest BCUT2D eigenvalue weighted by Gasteiger charge is -2.46. The average Bonchev–Trinajstić information content (AvgIpc) is 3.14. The highest BCUT2D eigenvalue weighted by Gasteiger charge is 2.37. The van der Waals surface area contributed by atoms with Crippen molar-refractivity contribution in [2.45, 2.75) is 19.0 Å². The van der Waals surface area contributed by atoms with Crippen LogP contribution in [0.1, 0.15) is 21.6 Å². The number of fused-ring (bicyclic) bond motifs is 1. The molecule has 0 spiro atoms. The Morgan fingerprint density at radius 2 is 1.87 bits per heavy atom. The summed E-state index contributed by atoms with van der Waals surface area (Å²) in [5, 5.41) is 4.56. The third-order valence-corrected chi connectivity index (χ3v) is 6.29. The molecule has 154 valence electrons. The molecule has 1 aromatic heterocycles. The number of ether oxygens (including phenoxy) is 1. The summed E-state index contributed by atoms with van der Waals surface area (Å²) in [5.41, 5.74) is 5.22. The minimum absolute atomic E-state index is 0.0489. The summed E-state index contributed by atoms with van der Waals surface area (Å²) < 4.78 is 6.98. The number of amides is 1. The molecule has 0 bridgehead atoms. The fraction of sp³-hybridized carbons (Fsp3) is 0.333. The van der Waals surface area contributed by atoms with Gasteiger partial charge in [-0.3, -0.25) is 14.4 Å². The van der Waals surface area contributed by atoms with E-state index < -0.39 is 0 Å². The molecule has 6 heteroatoms. The van der Waals surface area contributed by atoms with E-state index in [-0.39, 0.29) is 5.91 Å². The zero-order valence-corrected chi connectivity index (χ0v) is 17.4. The van der Waals surface area contributed by atoms with E-state index in [4.69, 9.17) is 4.74 Å². The largest absolute Gasteiger partial charge is 0.497 e. The fourth-order valence-electron chi connectivity index (χ4n) is 4.43. The second kappa shape index (κ2) is 7.61. The Hall–Kier alpha value is -3.12. The van der Waals surface area contributed by atoms with Crippen LogP contribution in [0.15, 0.2) is 54.6 Å². The molecule has 2 aliphatic rings. The summed E-state index contributed by atoms with van der Waals surface area (Å²) in [6, 6.07) is 18.7. The number of carbonyl (C=O) groups excluding carboxylic acids is 1. The molecule has 2 aliphatic heterocycles. The first-order chi connectivity index (χ1) is 14.6. The molecule has 5 rings (SSSR count). The standard InChI is InChI=1S/C24H26N4O2/c1-26-23(13-22(25-26)18-8-5-9-21(12-18)30-2)24(29)28-15-20(16-28)27-11-10-17-6-3-4-7-19(17)14-27/h3-9,12-13,20H,10-11,14-16H2,1-2H3. The minimum Gasteiger partial charge on any atom is -0.497 e. The first-order valence-electron chi connectivity index (χ1n) is 10.4. The third kappa shape index (κ3) is 3.37. The third-order valence-electron chi connectivity index (χ3n) is 6.29. The highest BCUT2D eigenvalue weighted by molar-refractivity contribution is 5.94. The molecular weight excluding hydrogens is 376 g/mol. The van der Waals surface area contributed by atoms with Crippen molar-refractivity contribution < 1.29 is 9.53 Å². The number of benzene rings is 2. The molecule has 1 saturated heterocycles. The maximum atomic E-state index is 13.1. The summed E-state index contributed by atoms with van der Waals surface area (Å²) in [4.78, 5) is 17.5. The van der Waals surface area contributed by atoms with Crippen LogP contribution in [0.25, 0.3) is 11.3 Å². The minimum atomic E-state index is 0.0489. The maximum Gasteiger partial charge on any atom is 0.272 e. The van der Waals surface area contributed by atoms with Crippen molar-refractivity contribution in [3.05, 3.63) is 71.4 Å². The van der Waals surface area contributed by atoms with E-state index in [0.717, 1.165) is 49.6 Å². The van der Waals surface area contributed by atoms with Gasteiger partial charge in [-0.2, -0.15) is 5.10 Å². The predicted molar refractivity (Wildman–Crippen MR) is 115 cm³/mol. The highest BCUT2D eigenvalue weighted by Crippen LogP contribution is 2.27. The van der Waals surface area contributed by atoms with E-state index in [9.17, 15) is 4.79 Å². The van der Waals surface area contributed by atoms with E-state index >= 15 is 0 Å². The number of aromatic nitrogens is 2. The number of hydrogen-bond donors (Lipinski definition) is 0. The van der Waals surface area contributed by atoms with Crippen LogP contribution < -0.4 is 4.74 Å². The van der Waals surface area contributed by atoms with Gasteiger partial charge < -0.3 is 9.64 Å². The van der Waals surface area contributed by atoms with Crippen molar-refractivity contribution in [2.24, 2.45) is 7.05 Å². The van der Waals surface area contributed by atoms with Crippen molar-refractivity contribution in [3.8, 4) is 17.0 Å². The van der Waals surface area contributed by atoms with Gasteiger partial charge in [-0.25, -0.2) is 0 Å². The zero-order chi connectivity index (χ0) is 20.7. The van der Waals surface area contributed by atoms with Gasteiger partial charge in [-0.1, -0.05) is 36.4 Å². The Morgan fingerprint density at radius 3 is 2.67 bits per heavy atom. The van der Waals surface area contributed by atoms with Gasteiger partial charge in [0.25, 0.3) is 5.91 Å². The maximum absolute atomic E-state index is 13.1. The van der Waals surface area contributed by atoms with Crippen molar-refractivity contribution >= 4 is 5.91 Å². The molecule has 0 atom stereocenters. The number of nitrogens with zero attached hydrogens (tertiary/aromatic N) is 4. The van der Waals surface area contributed by atoms with Crippen molar-refractivity contribution in [1.82, 2.24) is 19.6 Å². The summed E-state index contributed by atoms with van der Waals surface area (Å²) in [5.74, 6) is 0.826. The number of hydrogen-bond acceptors (Lipinski definition) is 4. The van der Waals surface area contributed by atoms with Crippen molar-refractivity contribution in [2.75, 3.05) is 26.7 Å². The Balaban J connectivity index is 1.25. The predicted octanol–water partition coefficient (Wildman–Crippen LogP) is 2.98. The van der Waals surface area contributed by atoms with E-state index in [2.05, 4.69) is 34.3 Å².